The van der Waals surface area contributed by atoms with Gasteiger partial charge in [0.2, 0.25) is 0 Å². The van der Waals surface area contributed by atoms with Gasteiger partial charge < -0.3 is 5.11 Å². The highest BCUT2D eigenvalue weighted by atomic mass is 19.3. The first-order valence-corrected chi connectivity index (χ1v) is 2.67. The van der Waals surface area contributed by atoms with Crippen LogP contribution in [0, 0.1) is 0 Å². The molecule has 0 spiro atoms. The highest BCUT2D eigenvalue weighted by molar-refractivity contribution is 4.61. The second-order valence-corrected chi connectivity index (χ2v) is 2.33. The molecule has 0 aliphatic rings. The smallest absolute Gasteiger partial charge is 0.250 e. The molecule has 4 heteroatoms. The molecule has 0 fully saturated rings. The molecule has 2 N–H and O–H groups in total. The van der Waals surface area contributed by atoms with Crippen molar-refractivity contribution in [3.8, 4) is 0 Å². The quantitative estimate of drug-likeness (QED) is 0.560. The normalized spacial score (nSPS) is 12.7. The van der Waals surface area contributed by atoms with E-state index in [1.807, 2.05) is 0 Å². The predicted octanol–water partition coefficient (Wildman–Crippen LogP) is 0.570. The van der Waals surface area contributed by atoms with Gasteiger partial charge >= 0.3 is 0 Å². The summed E-state index contributed by atoms with van der Waals surface area (Å²) in [6.45, 7) is 2.36. The Balaban J connectivity index is 3.28. The third kappa shape index (κ3) is 7.78. The molecular weight excluding hydrogens is 128 g/mol. The number of aliphatic hydroxyl groups is 1. The van der Waals surface area contributed by atoms with E-state index in [9.17, 15) is 8.78 Å². The molecule has 0 aliphatic carbocycles. The second-order valence-electron chi connectivity index (χ2n) is 2.33. The van der Waals surface area contributed by atoms with Gasteiger partial charge in [-0.05, 0) is 13.8 Å². The molecule has 0 radical (unpaired) electrons. The van der Waals surface area contributed by atoms with Crippen molar-refractivity contribution in [1.82, 2.24) is 5.32 Å². The van der Waals surface area contributed by atoms with Crippen LogP contribution in [0.1, 0.15) is 13.8 Å². The van der Waals surface area contributed by atoms with Crippen LogP contribution in [0.2, 0.25) is 0 Å². The Morgan fingerprint density at radius 3 is 2.11 bits per heavy atom. The Hall–Kier alpha value is -0.220. The zero-order valence-electron chi connectivity index (χ0n) is 5.49. The average molecular weight is 139 g/mol. The third-order valence-electron chi connectivity index (χ3n) is 0.689. The number of rotatable bonds is 3. The van der Waals surface area contributed by atoms with E-state index in [0.717, 1.165) is 0 Å². The van der Waals surface area contributed by atoms with Crippen LogP contribution in [0.3, 0.4) is 0 Å². The van der Waals surface area contributed by atoms with Crippen molar-refractivity contribution in [3.05, 3.63) is 0 Å². The van der Waals surface area contributed by atoms with Crippen molar-refractivity contribution in [2.24, 2.45) is 0 Å². The van der Waals surface area contributed by atoms with Crippen LogP contribution in [0.5, 0.6) is 0 Å². The van der Waals surface area contributed by atoms with E-state index in [2.05, 4.69) is 5.32 Å². The van der Waals surface area contributed by atoms with Gasteiger partial charge in [0.15, 0.2) is 0 Å². The molecule has 0 rings (SSSR count). The van der Waals surface area contributed by atoms with Gasteiger partial charge in [0.05, 0.1) is 6.54 Å². The lowest BCUT2D eigenvalue weighted by Crippen LogP contribution is -2.41. The highest BCUT2D eigenvalue weighted by Gasteiger charge is 2.13. The minimum absolute atomic E-state index is 0.469. The minimum atomic E-state index is -2.41. The van der Waals surface area contributed by atoms with Crippen molar-refractivity contribution < 1.29 is 13.9 Å². The fourth-order valence-electron chi connectivity index (χ4n) is 0.327. The van der Waals surface area contributed by atoms with Crippen LogP contribution >= 0.6 is 0 Å². The van der Waals surface area contributed by atoms with Crippen molar-refractivity contribution in [2.45, 2.75) is 26.0 Å². The molecule has 0 aliphatic heterocycles. The fraction of sp³-hybridized carbons (Fsp3) is 1.00. The lowest BCUT2D eigenvalue weighted by molar-refractivity contribution is 0.0221. The standard InChI is InChI=1S/C5H11F2NO/c1-5(2,9)8-3-4(6)7/h4,8-9H,3H2,1-2H3. The van der Waals surface area contributed by atoms with E-state index in [1.54, 1.807) is 0 Å². The summed E-state index contributed by atoms with van der Waals surface area (Å²) in [6.07, 6.45) is -2.41. The monoisotopic (exact) mass is 139 g/mol. The van der Waals surface area contributed by atoms with Crippen LogP contribution in [0.25, 0.3) is 0 Å². The molecule has 2 nitrogen and oxygen atoms in total. The lowest BCUT2D eigenvalue weighted by Gasteiger charge is -2.18. The fourth-order valence-corrected chi connectivity index (χ4v) is 0.327. The molecule has 56 valence electrons. The first-order valence-electron chi connectivity index (χ1n) is 2.67. The lowest BCUT2D eigenvalue weighted by atomic mass is 10.3. The van der Waals surface area contributed by atoms with E-state index in [0.29, 0.717) is 0 Å². The number of hydrogen-bond acceptors (Lipinski definition) is 2. The van der Waals surface area contributed by atoms with Gasteiger partial charge in [0.1, 0.15) is 5.72 Å². The van der Waals surface area contributed by atoms with Gasteiger partial charge in [0, 0.05) is 0 Å². The number of nitrogens with one attached hydrogen (secondary N) is 1. The van der Waals surface area contributed by atoms with Crippen LogP contribution in [-0.2, 0) is 0 Å². The van der Waals surface area contributed by atoms with E-state index in [-0.39, 0.29) is 0 Å². The molecule has 0 atom stereocenters. The molecule has 9 heavy (non-hydrogen) atoms. The van der Waals surface area contributed by atoms with Crippen molar-refractivity contribution in [2.75, 3.05) is 6.54 Å². The molecule has 0 unspecified atom stereocenters. The third-order valence-corrected chi connectivity index (χ3v) is 0.689. The van der Waals surface area contributed by atoms with Crippen molar-refractivity contribution in [3.63, 3.8) is 0 Å². The molecule has 0 saturated heterocycles. The summed E-state index contributed by atoms with van der Waals surface area (Å²) >= 11 is 0. The first kappa shape index (κ1) is 8.78. The zero-order valence-corrected chi connectivity index (χ0v) is 5.49. The maximum atomic E-state index is 11.4. The first-order chi connectivity index (χ1) is 3.92. The number of halogens is 2. The van der Waals surface area contributed by atoms with Gasteiger partial charge in [-0.25, -0.2) is 8.78 Å². The zero-order chi connectivity index (χ0) is 7.49. The van der Waals surface area contributed by atoms with Crippen molar-refractivity contribution in [1.29, 1.82) is 0 Å². The van der Waals surface area contributed by atoms with Gasteiger partial charge in [-0.15, -0.1) is 0 Å². The summed E-state index contributed by atoms with van der Waals surface area (Å²) in [5.74, 6) is 0. The Labute approximate surface area is 52.9 Å². The Morgan fingerprint density at radius 1 is 1.56 bits per heavy atom. The number of hydrogen-bond donors (Lipinski definition) is 2. The predicted molar refractivity (Wildman–Crippen MR) is 30.3 cm³/mol. The van der Waals surface area contributed by atoms with Crippen LogP contribution < -0.4 is 5.32 Å². The topological polar surface area (TPSA) is 32.3 Å². The SMILES string of the molecule is CC(C)(O)NCC(F)F. The summed E-state index contributed by atoms with van der Waals surface area (Å²) in [7, 11) is 0. The average Bonchev–Trinajstić information content (AvgIpc) is 1.59. The van der Waals surface area contributed by atoms with E-state index >= 15 is 0 Å². The maximum Gasteiger partial charge on any atom is 0.250 e. The van der Waals surface area contributed by atoms with Gasteiger partial charge in [0.25, 0.3) is 6.43 Å². The maximum absolute atomic E-state index is 11.4. The Bertz CT molecular complexity index is 79.5. The van der Waals surface area contributed by atoms with Crippen molar-refractivity contribution >= 4 is 0 Å². The van der Waals surface area contributed by atoms with E-state index < -0.39 is 18.7 Å². The van der Waals surface area contributed by atoms with Gasteiger partial charge in [-0.2, -0.15) is 0 Å². The van der Waals surface area contributed by atoms with Crippen LogP contribution in [0.4, 0.5) is 8.78 Å². The highest BCUT2D eigenvalue weighted by Crippen LogP contribution is 1.96. The number of alkyl halides is 2. The second kappa shape index (κ2) is 3.08. The minimum Gasteiger partial charge on any atom is -0.376 e. The van der Waals surface area contributed by atoms with Gasteiger partial charge in [-0.1, -0.05) is 0 Å². The van der Waals surface area contributed by atoms with Gasteiger partial charge in [-0.3, -0.25) is 5.32 Å². The molecule has 0 amide bonds. The Morgan fingerprint density at radius 2 is 2.00 bits per heavy atom. The summed E-state index contributed by atoms with van der Waals surface area (Å²) < 4.78 is 22.8. The molecule has 0 saturated carbocycles. The largest absolute Gasteiger partial charge is 0.376 e. The molecule has 0 aromatic rings. The molecular formula is C5H11F2NO. The molecule has 0 bridgehead atoms. The van der Waals surface area contributed by atoms with E-state index in [4.69, 9.17) is 5.11 Å². The summed E-state index contributed by atoms with van der Waals surface area (Å²) in [4.78, 5) is 0. The van der Waals surface area contributed by atoms with Crippen LogP contribution in [-0.4, -0.2) is 23.8 Å². The molecule has 0 aromatic carbocycles. The summed E-state index contributed by atoms with van der Waals surface area (Å²) in [5, 5.41) is 11.0. The summed E-state index contributed by atoms with van der Waals surface area (Å²) in [5.41, 5.74) is -1.20. The Kier molecular flexibility index (Phi) is 3.00. The van der Waals surface area contributed by atoms with E-state index in [1.165, 1.54) is 13.8 Å². The summed E-state index contributed by atoms with van der Waals surface area (Å²) in [6, 6.07) is 0. The molecule has 0 aromatic heterocycles. The van der Waals surface area contributed by atoms with Crippen LogP contribution in [0.15, 0.2) is 0 Å². The molecule has 0 heterocycles.